The van der Waals surface area contributed by atoms with Crippen molar-refractivity contribution in [2.45, 2.75) is 219 Å². The standard InChI is InChI=1S/C37H70O5.2Ca.2Zn.4H/c1-3-5-7-9-11-13-15-17-19-21-23-25-27-29-31-33-35(38)41-37(40)42-36(39)34-32-30-28-26-24-22-20-18-16-14-12-10-8-6-4-2;;;;;;;;/h3-34H2,1-2H3;;;;;;;;. The maximum atomic E-state index is 11.8. The normalized spacial score (nSPS) is 10.1. The van der Waals surface area contributed by atoms with Gasteiger partial charge in [0.1, 0.15) is 0 Å². The molecule has 0 amide bonds. The predicted molar refractivity (Wildman–Crippen MR) is 194 cm³/mol. The van der Waals surface area contributed by atoms with Crippen LogP contribution in [0.3, 0.4) is 0 Å². The summed E-state index contributed by atoms with van der Waals surface area (Å²) in [5.74, 6) is -1.20. The molecule has 0 spiro atoms. The molecular weight excluding hydrogens is 735 g/mol. The van der Waals surface area contributed by atoms with Crippen molar-refractivity contribution < 1.29 is 62.8 Å². The van der Waals surface area contributed by atoms with E-state index in [-0.39, 0.29) is 127 Å². The average Bonchev–Trinajstić information content (AvgIpc) is 2.97. The van der Waals surface area contributed by atoms with Crippen LogP contribution in [-0.4, -0.2) is 93.6 Å². The first-order valence-electron chi connectivity index (χ1n) is 18.6. The van der Waals surface area contributed by atoms with Crippen LogP contribution in [0.25, 0.3) is 0 Å². The number of carbonyl (C=O) groups is 3. The second-order valence-electron chi connectivity index (χ2n) is 12.6. The predicted octanol–water partition coefficient (Wildman–Crippen LogP) is 10.9. The Morgan fingerprint density at radius 3 is 0.696 bits per heavy atom. The van der Waals surface area contributed by atoms with Gasteiger partial charge in [-0.25, -0.2) is 4.79 Å². The zero-order valence-electron chi connectivity index (χ0n) is 29.6. The van der Waals surface area contributed by atoms with Gasteiger partial charge in [-0.2, -0.15) is 0 Å². The Hall–Kier alpha value is 2.38. The van der Waals surface area contributed by atoms with E-state index in [0.29, 0.717) is 12.8 Å². The molecule has 9 heteroatoms. The number of carbonyl (C=O) groups excluding carboxylic acids is 3. The van der Waals surface area contributed by atoms with E-state index in [2.05, 4.69) is 23.3 Å². The number of unbranched alkanes of at least 4 members (excludes halogenated alkanes) is 28. The van der Waals surface area contributed by atoms with Crippen LogP contribution in [0, 0.1) is 0 Å². The molecule has 0 radical (unpaired) electrons. The van der Waals surface area contributed by atoms with E-state index in [1.54, 1.807) is 0 Å². The van der Waals surface area contributed by atoms with Crippen molar-refractivity contribution in [2.24, 2.45) is 0 Å². The molecule has 0 N–H and O–H groups in total. The fourth-order valence-corrected chi connectivity index (χ4v) is 5.59. The Morgan fingerprint density at radius 2 is 0.500 bits per heavy atom. The molecule has 0 saturated heterocycles. The molecule has 0 rings (SSSR count). The van der Waals surface area contributed by atoms with Crippen LogP contribution in [0.5, 0.6) is 0 Å². The fourth-order valence-electron chi connectivity index (χ4n) is 5.59. The number of ether oxygens (including phenoxy) is 2. The van der Waals surface area contributed by atoms with Gasteiger partial charge in [-0.3, -0.25) is 9.59 Å². The molecule has 46 heavy (non-hydrogen) atoms. The summed E-state index contributed by atoms with van der Waals surface area (Å²) in [4.78, 5) is 35.4. The van der Waals surface area contributed by atoms with Gasteiger partial charge in [-0.1, -0.05) is 194 Å². The van der Waals surface area contributed by atoms with E-state index in [9.17, 15) is 14.4 Å². The van der Waals surface area contributed by atoms with Crippen LogP contribution in [0.15, 0.2) is 0 Å². The monoisotopic (exact) mass is 806 g/mol. The SMILES string of the molecule is CCCCCCCCCCCCCCCCCC(=O)OC(=O)OC(=O)CCCCCCCCCCCCCCCCC.[CaH2].[CaH2].[Zn].[Zn]. The molecule has 0 atom stereocenters. The first-order valence-corrected chi connectivity index (χ1v) is 18.6. The Morgan fingerprint density at radius 1 is 0.326 bits per heavy atom. The summed E-state index contributed by atoms with van der Waals surface area (Å²) in [6.07, 6.45) is 37.0. The Bertz CT molecular complexity index is 577. The van der Waals surface area contributed by atoms with Crippen LogP contribution in [0.1, 0.15) is 219 Å². The minimum absolute atomic E-state index is 0. The van der Waals surface area contributed by atoms with Gasteiger partial charge in [0.05, 0.1) is 0 Å². The van der Waals surface area contributed by atoms with Crippen molar-refractivity contribution in [2.75, 3.05) is 0 Å². The van der Waals surface area contributed by atoms with E-state index in [4.69, 9.17) is 0 Å². The molecule has 0 aliphatic heterocycles. The van der Waals surface area contributed by atoms with E-state index in [1.165, 1.54) is 154 Å². The van der Waals surface area contributed by atoms with Gasteiger partial charge in [0.25, 0.3) is 0 Å². The fraction of sp³-hybridized carbons (Fsp3) is 0.919. The molecule has 0 aromatic rings. The third-order valence-corrected chi connectivity index (χ3v) is 8.36. The topological polar surface area (TPSA) is 69.7 Å². The molecule has 0 fully saturated rings. The quantitative estimate of drug-likeness (QED) is 0.0293. The van der Waals surface area contributed by atoms with Gasteiger partial charge < -0.3 is 9.47 Å². The number of hydrogen-bond donors (Lipinski definition) is 0. The summed E-state index contributed by atoms with van der Waals surface area (Å²) in [6, 6.07) is 0. The molecular formula is C37H74Ca2O5Zn2. The third kappa shape index (κ3) is 48.5. The van der Waals surface area contributed by atoms with Crippen molar-refractivity contribution in [1.29, 1.82) is 0 Å². The van der Waals surface area contributed by atoms with Crippen LogP contribution in [0.4, 0.5) is 4.79 Å². The molecule has 0 heterocycles. The van der Waals surface area contributed by atoms with Gasteiger partial charge in [0, 0.05) is 51.8 Å². The van der Waals surface area contributed by atoms with Crippen molar-refractivity contribution >= 4 is 93.6 Å². The molecule has 0 saturated carbocycles. The maximum Gasteiger partial charge on any atom is 0 e. The second-order valence-corrected chi connectivity index (χ2v) is 12.6. The molecule has 260 valence electrons. The first kappa shape index (κ1) is 57.7. The molecule has 0 aliphatic carbocycles. The zero-order chi connectivity index (χ0) is 30.8. The average molecular weight is 810 g/mol. The number of esters is 2. The van der Waals surface area contributed by atoms with Gasteiger partial charge in [0.2, 0.25) is 0 Å². The van der Waals surface area contributed by atoms with Crippen LogP contribution >= 0.6 is 0 Å². The van der Waals surface area contributed by atoms with Crippen molar-refractivity contribution in [3.63, 3.8) is 0 Å². The molecule has 0 bridgehead atoms. The Kier molecular flexibility index (Phi) is 62.1. The second kappa shape index (κ2) is 49.5. The Labute approximate surface area is 371 Å². The Balaban J connectivity index is -0.00000140. The van der Waals surface area contributed by atoms with Crippen molar-refractivity contribution in [3.05, 3.63) is 0 Å². The van der Waals surface area contributed by atoms with Crippen LogP contribution in [-0.2, 0) is 58.0 Å². The van der Waals surface area contributed by atoms with Gasteiger partial charge in [-0.15, -0.1) is 0 Å². The van der Waals surface area contributed by atoms with Crippen molar-refractivity contribution in [3.8, 4) is 0 Å². The smallest absolute Gasteiger partial charge is 0 e. The maximum absolute atomic E-state index is 11.8. The summed E-state index contributed by atoms with van der Waals surface area (Å²) >= 11 is 0. The minimum atomic E-state index is -1.17. The summed E-state index contributed by atoms with van der Waals surface area (Å²) in [5, 5.41) is 0. The van der Waals surface area contributed by atoms with Crippen molar-refractivity contribution in [1.82, 2.24) is 0 Å². The summed E-state index contributed by atoms with van der Waals surface area (Å²) in [5.41, 5.74) is 0. The third-order valence-electron chi connectivity index (χ3n) is 8.36. The largest absolute Gasteiger partial charge is 0 e. The van der Waals surface area contributed by atoms with Crippen LogP contribution in [0.2, 0.25) is 0 Å². The van der Waals surface area contributed by atoms with E-state index in [1.807, 2.05) is 0 Å². The summed E-state index contributed by atoms with van der Waals surface area (Å²) < 4.78 is 9.30. The molecule has 0 aliphatic rings. The van der Waals surface area contributed by atoms with Gasteiger partial charge >= 0.3 is 93.6 Å². The zero-order valence-corrected chi connectivity index (χ0v) is 35.5. The molecule has 5 nitrogen and oxygen atoms in total. The van der Waals surface area contributed by atoms with E-state index >= 15 is 0 Å². The first-order chi connectivity index (χ1) is 20.6. The molecule has 0 aromatic carbocycles. The molecule has 0 aromatic heterocycles. The van der Waals surface area contributed by atoms with Gasteiger partial charge in [-0.05, 0) is 12.8 Å². The van der Waals surface area contributed by atoms with E-state index in [0.717, 1.165) is 25.7 Å². The molecule has 0 unspecified atom stereocenters. The summed E-state index contributed by atoms with van der Waals surface area (Å²) in [7, 11) is 0. The van der Waals surface area contributed by atoms with Gasteiger partial charge in [0.15, 0.2) is 0 Å². The summed E-state index contributed by atoms with van der Waals surface area (Å²) in [6.45, 7) is 4.53. The van der Waals surface area contributed by atoms with E-state index < -0.39 is 18.1 Å². The van der Waals surface area contributed by atoms with Crippen LogP contribution < -0.4 is 0 Å². The minimum Gasteiger partial charge on any atom is 0 e. The number of rotatable bonds is 32. The number of hydrogen-bond acceptors (Lipinski definition) is 5.